The average Bonchev–Trinajstić information content (AvgIpc) is 2.75. The molecule has 4 N–H and O–H groups in total. The smallest absolute Gasteiger partial charge is 0.188 e. The summed E-state index contributed by atoms with van der Waals surface area (Å²) in [5.74, 6) is 0.552. The van der Waals surface area contributed by atoms with Crippen LogP contribution >= 0.6 is 0 Å². The third kappa shape index (κ3) is 3.53. The lowest BCUT2D eigenvalue weighted by Crippen LogP contribution is -2.33. The van der Waals surface area contributed by atoms with Gasteiger partial charge in [-0.2, -0.15) is 0 Å². The summed E-state index contributed by atoms with van der Waals surface area (Å²) in [6, 6.07) is 8.40. The Morgan fingerprint density at radius 3 is 2.95 bits per heavy atom. The summed E-state index contributed by atoms with van der Waals surface area (Å²) < 4.78 is 0. The highest BCUT2D eigenvalue weighted by atomic mass is 15.1. The van der Waals surface area contributed by atoms with E-state index in [-0.39, 0.29) is 0 Å². The van der Waals surface area contributed by atoms with Crippen LogP contribution in [0.5, 0.6) is 0 Å². The first kappa shape index (κ1) is 14.4. The molecular weight excluding hydrogens is 248 g/mol. The van der Waals surface area contributed by atoms with Crippen LogP contribution in [0, 0.1) is 6.92 Å². The van der Waals surface area contributed by atoms with Crippen LogP contribution in [0.3, 0.4) is 0 Å². The van der Waals surface area contributed by atoms with E-state index >= 15 is 0 Å². The number of H-pyrrole nitrogens is 1. The van der Waals surface area contributed by atoms with Crippen LogP contribution < -0.4 is 11.1 Å². The van der Waals surface area contributed by atoms with E-state index in [2.05, 4.69) is 53.4 Å². The molecule has 1 aromatic heterocycles. The second-order valence-electron chi connectivity index (χ2n) is 5.07. The van der Waals surface area contributed by atoms with E-state index in [4.69, 9.17) is 5.73 Å². The van der Waals surface area contributed by atoms with Gasteiger partial charge in [-0.25, -0.2) is 0 Å². The molecule has 0 aliphatic carbocycles. The molecule has 108 valence electrons. The Balaban J connectivity index is 1.93. The van der Waals surface area contributed by atoms with Crippen molar-refractivity contribution in [1.29, 1.82) is 0 Å². The Morgan fingerprint density at radius 1 is 1.35 bits per heavy atom. The predicted octanol–water partition coefficient (Wildman–Crippen LogP) is 2.72. The van der Waals surface area contributed by atoms with Crippen molar-refractivity contribution in [2.45, 2.75) is 33.1 Å². The number of fused-ring (bicyclic) bond motifs is 1. The molecule has 0 aliphatic heterocycles. The van der Waals surface area contributed by atoms with Gasteiger partial charge in [0.05, 0.1) is 0 Å². The molecule has 0 saturated carbocycles. The number of unbranched alkanes of at least 4 members (excludes halogenated alkanes) is 1. The lowest BCUT2D eigenvalue weighted by molar-refractivity contribution is 0.791. The van der Waals surface area contributed by atoms with E-state index in [1.165, 1.54) is 22.2 Å². The number of aryl methyl sites for hydroxylation is 1. The molecule has 1 heterocycles. The maximum absolute atomic E-state index is 5.84. The van der Waals surface area contributed by atoms with Gasteiger partial charge in [0.25, 0.3) is 0 Å². The minimum atomic E-state index is 0.552. The van der Waals surface area contributed by atoms with E-state index in [1.807, 2.05) is 0 Å². The van der Waals surface area contributed by atoms with Crippen LogP contribution in [-0.4, -0.2) is 24.0 Å². The monoisotopic (exact) mass is 272 g/mol. The molecule has 0 spiro atoms. The number of aromatic amines is 1. The van der Waals surface area contributed by atoms with Crippen molar-refractivity contribution in [2.24, 2.45) is 10.7 Å². The van der Waals surface area contributed by atoms with Gasteiger partial charge in [0.1, 0.15) is 0 Å². The van der Waals surface area contributed by atoms with Crippen LogP contribution in [0.25, 0.3) is 10.9 Å². The summed E-state index contributed by atoms with van der Waals surface area (Å²) in [5.41, 5.74) is 9.62. The zero-order valence-electron chi connectivity index (χ0n) is 12.4. The molecule has 0 saturated heterocycles. The van der Waals surface area contributed by atoms with E-state index in [0.29, 0.717) is 5.96 Å². The Morgan fingerprint density at radius 2 is 2.15 bits per heavy atom. The number of guanidine groups is 1. The van der Waals surface area contributed by atoms with Gasteiger partial charge < -0.3 is 16.0 Å². The molecule has 4 nitrogen and oxygen atoms in total. The van der Waals surface area contributed by atoms with Crippen LogP contribution in [0.15, 0.2) is 29.3 Å². The number of hydrogen-bond donors (Lipinski definition) is 3. The Bertz CT molecular complexity index is 583. The number of nitrogens with two attached hydrogens (primary N) is 1. The number of para-hydroxylation sites is 1. The molecule has 0 fully saturated rings. The van der Waals surface area contributed by atoms with Crippen molar-refractivity contribution in [2.75, 3.05) is 13.1 Å². The highest BCUT2D eigenvalue weighted by Gasteiger charge is 2.07. The fraction of sp³-hybridized carbons (Fsp3) is 0.438. The van der Waals surface area contributed by atoms with Gasteiger partial charge in [0, 0.05) is 29.7 Å². The largest absolute Gasteiger partial charge is 0.370 e. The van der Waals surface area contributed by atoms with Crippen molar-refractivity contribution in [3.8, 4) is 0 Å². The number of aromatic nitrogens is 1. The zero-order valence-corrected chi connectivity index (χ0v) is 12.4. The molecule has 2 rings (SSSR count). The summed E-state index contributed by atoms with van der Waals surface area (Å²) in [6.45, 7) is 5.89. The van der Waals surface area contributed by atoms with Crippen LogP contribution in [0.4, 0.5) is 0 Å². The van der Waals surface area contributed by atoms with Gasteiger partial charge in [-0.05, 0) is 31.4 Å². The quantitative estimate of drug-likeness (QED) is 0.430. The minimum Gasteiger partial charge on any atom is -0.370 e. The molecule has 0 bridgehead atoms. The summed E-state index contributed by atoms with van der Waals surface area (Å²) in [6.07, 6.45) is 3.18. The van der Waals surface area contributed by atoms with E-state index in [0.717, 1.165) is 32.4 Å². The van der Waals surface area contributed by atoms with Gasteiger partial charge in [-0.3, -0.25) is 4.99 Å². The van der Waals surface area contributed by atoms with Crippen LogP contribution in [-0.2, 0) is 6.42 Å². The maximum Gasteiger partial charge on any atom is 0.188 e. The Labute approximate surface area is 120 Å². The van der Waals surface area contributed by atoms with E-state index in [1.54, 1.807) is 0 Å². The number of nitrogens with one attached hydrogen (secondary N) is 2. The molecule has 2 aromatic rings. The van der Waals surface area contributed by atoms with E-state index in [9.17, 15) is 0 Å². The number of benzene rings is 1. The SMILES string of the molecule is CCCCN=C(N)NCCc1c(C)[nH]c2ccccc12. The normalized spacial score (nSPS) is 12.0. The third-order valence-electron chi connectivity index (χ3n) is 3.50. The lowest BCUT2D eigenvalue weighted by atomic mass is 10.1. The van der Waals surface area contributed by atoms with Crippen molar-refractivity contribution in [3.63, 3.8) is 0 Å². The summed E-state index contributed by atoms with van der Waals surface area (Å²) in [7, 11) is 0. The first-order chi connectivity index (χ1) is 9.72. The maximum atomic E-state index is 5.84. The summed E-state index contributed by atoms with van der Waals surface area (Å²) >= 11 is 0. The minimum absolute atomic E-state index is 0.552. The van der Waals surface area contributed by atoms with Gasteiger partial charge in [0.2, 0.25) is 0 Å². The van der Waals surface area contributed by atoms with Crippen LogP contribution in [0.2, 0.25) is 0 Å². The number of nitrogens with zero attached hydrogens (tertiary/aromatic N) is 1. The standard InChI is InChI=1S/C16H24N4/c1-3-4-10-18-16(17)19-11-9-13-12(2)20-15-8-6-5-7-14(13)15/h5-8,20H,3-4,9-11H2,1-2H3,(H3,17,18,19). The van der Waals surface area contributed by atoms with Crippen molar-refractivity contribution in [3.05, 3.63) is 35.5 Å². The molecule has 0 atom stereocenters. The van der Waals surface area contributed by atoms with Crippen molar-refractivity contribution < 1.29 is 0 Å². The molecule has 0 unspecified atom stereocenters. The average molecular weight is 272 g/mol. The molecule has 4 heteroatoms. The fourth-order valence-corrected chi connectivity index (χ4v) is 2.39. The summed E-state index contributed by atoms with van der Waals surface area (Å²) in [4.78, 5) is 7.71. The van der Waals surface area contributed by atoms with Gasteiger partial charge in [-0.15, -0.1) is 0 Å². The fourth-order valence-electron chi connectivity index (χ4n) is 2.39. The Hall–Kier alpha value is -1.97. The predicted molar refractivity (Wildman–Crippen MR) is 86.1 cm³/mol. The summed E-state index contributed by atoms with van der Waals surface area (Å²) in [5, 5.41) is 4.48. The van der Waals surface area contributed by atoms with Gasteiger partial charge in [-0.1, -0.05) is 31.5 Å². The second kappa shape index (κ2) is 6.98. The topological polar surface area (TPSA) is 66.2 Å². The third-order valence-corrected chi connectivity index (χ3v) is 3.50. The Kier molecular flexibility index (Phi) is 5.04. The van der Waals surface area contributed by atoms with Crippen LogP contribution in [0.1, 0.15) is 31.0 Å². The molecule has 0 amide bonds. The number of aliphatic imine (C=N–C) groups is 1. The highest BCUT2D eigenvalue weighted by molar-refractivity contribution is 5.84. The van der Waals surface area contributed by atoms with Gasteiger partial charge in [0.15, 0.2) is 5.96 Å². The first-order valence-corrected chi connectivity index (χ1v) is 7.32. The zero-order chi connectivity index (χ0) is 14.4. The second-order valence-corrected chi connectivity index (χ2v) is 5.07. The number of hydrogen-bond acceptors (Lipinski definition) is 1. The van der Waals surface area contributed by atoms with Gasteiger partial charge >= 0.3 is 0 Å². The molecule has 1 aromatic carbocycles. The molecule has 0 aliphatic rings. The van der Waals surface area contributed by atoms with E-state index < -0.39 is 0 Å². The lowest BCUT2D eigenvalue weighted by Gasteiger charge is -2.06. The number of rotatable bonds is 6. The highest BCUT2D eigenvalue weighted by Crippen LogP contribution is 2.21. The first-order valence-electron chi connectivity index (χ1n) is 7.32. The molecule has 0 radical (unpaired) electrons. The molecular formula is C16H24N4. The van der Waals surface area contributed by atoms with Crippen molar-refractivity contribution in [1.82, 2.24) is 10.3 Å². The van der Waals surface area contributed by atoms with Crippen molar-refractivity contribution >= 4 is 16.9 Å². The molecule has 20 heavy (non-hydrogen) atoms.